The molecule has 4 fully saturated rings. The SMILES string of the molecule is CC(C)(C)OC(=O)CCN1CCc2nc(SC34CC5CC(CC(C5)C3)C4)ncc2C1=O. The first kappa shape index (κ1) is 21.2. The monoisotopic (exact) mass is 443 g/mol. The summed E-state index contributed by atoms with van der Waals surface area (Å²) >= 11 is 1.89. The molecule has 5 aliphatic rings. The summed E-state index contributed by atoms with van der Waals surface area (Å²) in [4.78, 5) is 36.1. The molecule has 0 spiro atoms. The maximum absolute atomic E-state index is 12.9. The fourth-order valence-corrected chi connectivity index (χ4v) is 8.12. The Bertz CT molecular complexity index is 859. The molecule has 4 aliphatic carbocycles. The molecule has 4 saturated carbocycles. The lowest BCUT2D eigenvalue weighted by Gasteiger charge is -2.56. The quantitative estimate of drug-likeness (QED) is 0.500. The summed E-state index contributed by atoms with van der Waals surface area (Å²) in [6.45, 7) is 6.51. The highest BCUT2D eigenvalue weighted by atomic mass is 32.2. The van der Waals surface area contributed by atoms with Gasteiger partial charge in [-0.1, -0.05) is 11.8 Å². The lowest BCUT2D eigenvalue weighted by Crippen LogP contribution is -2.48. The van der Waals surface area contributed by atoms with E-state index in [1.54, 1.807) is 11.1 Å². The molecule has 1 aromatic heterocycles. The van der Waals surface area contributed by atoms with Gasteiger partial charge in [0.15, 0.2) is 5.16 Å². The molecule has 6 nitrogen and oxygen atoms in total. The van der Waals surface area contributed by atoms with Crippen LogP contribution in [-0.4, -0.2) is 50.2 Å². The largest absolute Gasteiger partial charge is 0.460 e. The number of hydrogen-bond donors (Lipinski definition) is 0. The first-order valence-electron chi connectivity index (χ1n) is 11.7. The van der Waals surface area contributed by atoms with Crippen LogP contribution in [0.1, 0.15) is 81.8 Å². The molecule has 1 aliphatic heterocycles. The average molecular weight is 444 g/mol. The summed E-state index contributed by atoms with van der Waals surface area (Å²) in [5, 5.41) is 0.843. The maximum Gasteiger partial charge on any atom is 0.308 e. The second kappa shape index (κ2) is 7.75. The van der Waals surface area contributed by atoms with Gasteiger partial charge >= 0.3 is 5.97 Å². The number of thioether (sulfide) groups is 1. The van der Waals surface area contributed by atoms with Crippen LogP contribution >= 0.6 is 11.8 Å². The van der Waals surface area contributed by atoms with E-state index in [4.69, 9.17) is 9.72 Å². The Hall–Kier alpha value is -1.63. The molecule has 168 valence electrons. The molecule has 31 heavy (non-hydrogen) atoms. The van der Waals surface area contributed by atoms with Crippen LogP contribution in [0, 0.1) is 17.8 Å². The molecule has 0 saturated heterocycles. The summed E-state index contributed by atoms with van der Waals surface area (Å²) in [5.41, 5.74) is 0.944. The van der Waals surface area contributed by atoms with Gasteiger partial charge in [0.2, 0.25) is 0 Å². The van der Waals surface area contributed by atoms with Crippen molar-refractivity contribution in [3.8, 4) is 0 Å². The standard InChI is InChI=1S/C24H33N3O3S/c1-23(2,3)30-20(28)5-7-27-6-4-19-18(21(27)29)14-25-22(26-19)31-24-11-15-8-16(12-24)10-17(9-15)13-24/h14-17H,4-13H2,1-3H3. The Kier molecular flexibility index (Phi) is 5.31. The van der Waals surface area contributed by atoms with Crippen LogP contribution in [0.4, 0.5) is 0 Å². The van der Waals surface area contributed by atoms with E-state index in [1.807, 2.05) is 32.5 Å². The van der Waals surface area contributed by atoms with Crippen molar-refractivity contribution in [1.29, 1.82) is 0 Å². The Labute approximate surface area is 188 Å². The first-order chi connectivity index (χ1) is 14.7. The lowest BCUT2D eigenvalue weighted by molar-refractivity contribution is -0.155. The molecule has 6 rings (SSSR count). The number of carbonyl (C=O) groups excluding carboxylic acids is 2. The van der Waals surface area contributed by atoms with Gasteiger partial charge in [-0.25, -0.2) is 9.97 Å². The van der Waals surface area contributed by atoms with Crippen molar-refractivity contribution >= 4 is 23.6 Å². The number of hydrogen-bond acceptors (Lipinski definition) is 6. The molecule has 1 amide bonds. The molecule has 0 aromatic carbocycles. The van der Waals surface area contributed by atoms with Crippen molar-refractivity contribution in [2.75, 3.05) is 13.1 Å². The number of rotatable bonds is 5. The smallest absolute Gasteiger partial charge is 0.308 e. The Balaban J connectivity index is 1.23. The van der Waals surface area contributed by atoms with Gasteiger partial charge in [-0.2, -0.15) is 0 Å². The van der Waals surface area contributed by atoms with Gasteiger partial charge in [0.25, 0.3) is 5.91 Å². The summed E-state index contributed by atoms with van der Waals surface area (Å²) in [6, 6.07) is 0. The number of esters is 1. The van der Waals surface area contributed by atoms with Crippen LogP contribution in [0.25, 0.3) is 0 Å². The molecule has 0 radical (unpaired) electrons. The van der Waals surface area contributed by atoms with E-state index in [1.165, 1.54) is 38.5 Å². The molecule has 4 bridgehead atoms. The molecule has 0 N–H and O–H groups in total. The maximum atomic E-state index is 12.9. The Morgan fingerprint density at radius 1 is 1.19 bits per heavy atom. The van der Waals surface area contributed by atoms with Gasteiger partial charge < -0.3 is 9.64 Å². The molecule has 0 atom stereocenters. The summed E-state index contributed by atoms with van der Waals surface area (Å²) < 4.78 is 5.68. The number of aromatic nitrogens is 2. The van der Waals surface area contributed by atoms with Gasteiger partial charge in [-0.05, 0) is 77.0 Å². The topological polar surface area (TPSA) is 72.4 Å². The van der Waals surface area contributed by atoms with E-state index in [0.717, 1.165) is 28.6 Å². The van der Waals surface area contributed by atoms with Gasteiger partial charge in [-0.15, -0.1) is 0 Å². The summed E-state index contributed by atoms with van der Waals surface area (Å²) in [5.74, 6) is 2.35. The van der Waals surface area contributed by atoms with E-state index in [0.29, 0.717) is 29.8 Å². The molecule has 1 aromatic rings. The zero-order chi connectivity index (χ0) is 21.8. The Morgan fingerprint density at radius 3 is 2.45 bits per heavy atom. The van der Waals surface area contributed by atoms with Crippen molar-refractivity contribution in [1.82, 2.24) is 14.9 Å². The minimum Gasteiger partial charge on any atom is -0.460 e. The van der Waals surface area contributed by atoms with Crippen molar-refractivity contribution < 1.29 is 14.3 Å². The normalized spacial score (nSPS) is 31.6. The van der Waals surface area contributed by atoms with E-state index in [-0.39, 0.29) is 18.3 Å². The van der Waals surface area contributed by atoms with Crippen molar-refractivity contribution in [2.24, 2.45) is 17.8 Å². The summed E-state index contributed by atoms with van der Waals surface area (Å²) in [6.07, 6.45) is 10.8. The van der Waals surface area contributed by atoms with Crippen LogP contribution in [0.2, 0.25) is 0 Å². The number of carbonyl (C=O) groups is 2. The van der Waals surface area contributed by atoms with Crippen molar-refractivity contribution in [3.63, 3.8) is 0 Å². The molecule has 2 heterocycles. The highest BCUT2D eigenvalue weighted by Crippen LogP contribution is 2.61. The van der Waals surface area contributed by atoms with Crippen LogP contribution in [-0.2, 0) is 16.0 Å². The molecular formula is C24H33N3O3S. The van der Waals surface area contributed by atoms with Gasteiger partial charge in [0.1, 0.15) is 5.60 Å². The molecule has 0 unspecified atom stereocenters. The number of fused-ring (bicyclic) bond motifs is 1. The van der Waals surface area contributed by atoms with Crippen molar-refractivity contribution in [3.05, 3.63) is 17.5 Å². The van der Waals surface area contributed by atoms with Gasteiger partial charge in [-0.3, -0.25) is 9.59 Å². The lowest BCUT2D eigenvalue weighted by atomic mass is 9.56. The van der Waals surface area contributed by atoms with E-state index in [2.05, 4.69) is 4.98 Å². The van der Waals surface area contributed by atoms with Crippen LogP contribution in [0.5, 0.6) is 0 Å². The fraction of sp³-hybridized carbons (Fsp3) is 0.750. The van der Waals surface area contributed by atoms with E-state index >= 15 is 0 Å². The van der Waals surface area contributed by atoms with Gasteiger partial charge in [0, 0.05) is 30.5 Å². The second-order valence-electron chi connectivity index (χ2n) is 11.1. The summed E-state index contributed by atoms with van der Waals surface area (Å²) in [7, 11) is 0. The predicted octanol–water partition coefficient (Wildman–Crippen LogP) is 4.27. The number of amides is 1. The zero-order valence-corrected chi connectivity index (χ0v) is 19.7. The van der Waals surface area contributed by atoms with Crippen LogP contribution in [0.15, 0.2) is 11.4 Å². The molecular weight excluding hydrogens is 410 g/mol. The highest BCUT2D eigenvalue weighted by molar-refractivity contribution is 8.00. The third kappa shape index (κ3) is 4.48. The second-order valence-corrected chi connectivity index (χ2v) is 12.5. The fourth-order valence-electron chi connectivity index (χ4n) is 6.51. The van der Waals surface area contributed by atoms with Crippen LogP contribution < -0.4 is 0 Å². The van der Waals surface area contributed by atoms with Gasteiger partial charge in [0.05, 0.1) is 17.7 Å². The van der Waals surface area contributed by atoms with Crippen molar-refractivity contribution in [2.45, 2.75) is 87.6 Å². The number of ether oxygens (including phenoxy) is 1. The Morgan fingerprint density at radius 2 is 1.84 bits per heavy atom. The minimum absolute atomic E-state index is 0.0730. The predicted molar refractivity (Wildman–Crippen MR) is 119 cm³/mol. The average Bonchev–Trinajstić information content (AvgIpc) is 2.64. The first-order valence-corrected chi connectivity index (χ1v) is 12.6. The third-order valence-electron chi connectivity index (χ3n) is 7.28. The van der Waals surface area contributed by atoms with E-state index in [9.17, 15) is 9.59 Å². The van der Waals surface area contributed by atoms with E-state index < -0.39 is 5.60 Å². The highest BCUT2D eigenvalue weighted by Gasteiger charge is 2.51. The van der Waals surface area contributed by atoms with Crippen LogP contribution in [0.3, 0.4) is 0 Å². The minimum atomic E-state index is -0.506. The third-order valence-corrected chi connectivity index (χ3v) is 8.59. The molecule has 7 heteroatoms. The number of nitrogens with zero attached hydrogens (tertiary/aromatic N) is 3. The zero-order valence-electron chi connectivity index (χ0n) is 18.9.